The average Bonchev–Trinajstić information content (AvgIpc) is 3.18. The number of rotatable bonds is 5. The molecule has 4 rings (SSSR count). The minimum atomic E-state index is -4.39. The number of ether oxygens (including phenoxy) is 1. The summed E-state index contributed by atoms with van der Waals surface area (Å²) in [6.07, 6.45) is -3.15. The molecule has 0 bridgehead atoms. The lowest BCUT2D eigenvalue weighted by atomic mass is 9.78. The van der Waals surface area contributed by atoms with Gasteiger partial charge in [0.25, 0.3) is 0 Å². The molecular formula is C24H28BF3N2O3. The van der Waals surface area contributed by atoms with Gasteiger partial charge < -0.3 is 18.6 Å². The van der Waals surface area contributed by atoms with Crippen molar-refractivity contribution >= 4 is 23.5 Å². The molecule has 1 aliphatic rings. The molecule has 1 fully saturated rings. The standard InChI is InChI=1S/C24H28BF3N2O3/c1-15(31-6)21-18(8-7-11-29-21)20-13-16-12-17(25-32-22(2,3)23(4,5)33-25)9-10-19(16)30(20)14-24(26,27)28/h7-13,15H,14H2,1-6H3. The van der Waals surface area contributed by atoms with Crippen LogP contribution in [0.3, 0.4) is 0 Å². The van der Waals surface area contributed by atoms with E-state index in [1.807, 2.05) is 40.7 Å². The van der Waals surface area contributed by atoms with Crippen molar-refractivity contribution in [1.29, 1.82) is 0 Å². The molecule has 176 valence electrons. The summed E-state index contributed by atoms with van der Waals surface area (Å²) in [5.74, 6) is 0. The van der Waals surface area contributed by atoms with Crippen LogP contribution in [0.25, 0.3) is 22.2 Å². The van der Waals surface area contributed by atoms with Crippen LogP contribution in [0.5, 0.6) is 0 Å². The highest BCUT2D eigenvalue weighted by molar-refractivity contribution is 6.62. The molecule has 1 aromatic carbocycles. The Morgan fingerprint density at radius 3 is 2.36 bits per heavy atom. The predicted octanol–water partition coefficient (Wildman–Crippen LogP) is 5.27. The Hall–Kier alpha value is -2.36. The summed E-state index contributed by atoms with van der Waals surface area (Å²) in [6, 6.07) is 10.5. The monoisotopic (exact) mass is 460 g/mol. The summed E-state index contributed by atoms with van der Waals surface area (Å²) >= 11 is 0. The van der Waals surface area contributed by atoms with Gasteiger partial charge in [-0.05, 0) is 69.7 Å². The number of nitrogens with zero attached hydrogens (tertiary/aromatic N) is 2. The zero-order valence-corrected chi connectivity index (χ0v) is 19.7. The molecule has 1 saturated heterocycles. The van der Waals surface area contributed by atoms with Gasteiger partial charge in [-0.1, -0.05) is 12.1 Å². The molecule has 1 unspecified atom stereocenters. The Balaban J connectivity index is 1.86. The van der Waals surface area contributed by atoms with Gasteiger partial charge in [0.1, 0.15) is 6.54 Å². The number of benzene rings is 1. The molecule has 3 aromatic rings. The normalized spacial score (nSPS) is 18.8. The number of pyridine rings is 1. The third kappa shape index (κ3) is 4.41. The minimum Gasteiger partial charge on any atom is -0.399 e. The van der Waals surface area contributed by atoms with E-state index in [0.29, 0.717) is 27.9 Å². The molecule has 0 amide bonds. The second-order valence-electron chi connectivity index (χ2n) is 9.45. The minimum absolute atomic E-state index is 0.376. The fourth-order valence-electron chi connectivity index (χ4n) is 4.06. The number of halogens is 3. The van der Waals surface area contributed by atoms with Crippen LogP contribution >= 0.6 is 0 Å². The molecule has 0 spiro atoms. The van der Waals surface area contributed by atoms with Crippen molar-refractivity contribution < 1.29 is 27.2 Å². The van der Waals surface area contributed by atoms with E-state index in [9.17, 15) is 13.2 Å². The molecule has 9 heteroatoms. The van der Waals surface area contributed by atoms with Gasteiger partial charge in [0.15, 0.2) is 0 Å². The van der Waals surface area contributed by atoms with Crippen LogP contribution < -0.4 is 5.46 Å². The number of hydrogen-bond acceptors (Lipinski definition) is 4. The van der Waals surface area contributed by atoms with Crippen molar-refractivity contribution in [3.8, 4) is 11.3 Å². The van der Waals surface area contributed by atoms with Gasteiger partial charge in [-0.15, -0.1) is 0 Å². The lowest BCUT2D eigenvalue weighted by Crippen LogP contribution is -2.41. The van der Waals surface area contributed by atoms with E-state index in [4.69, 9.17) is 14.0 Å². The predicted molar refractivity (Wildman–Crippen MR) is 122 cm³/mol. The Morgan fingerprint density at radius 2 is 1.76 bits per heavy atom. The van der Waals surface area contributed by atoms with Gasteiger partial charge in [0.05, 0.1) is 28.7 Å². The lowest BCUT2D eigenvalue weighted by molar-refractivity contribution is -0.139. The molecule has 2 aromatic heterocycles. The van der Waals surface area contributed by atoms with Crippen molar-refractivity contribution in [2.45, 2.75) is 64.6 Å². The summed E-state index contributed by atoms with van der Waals surface area (Å²) in [5, 5.41) is 0.668. The van der Waals surface area contributed by atoms with Crippen molar-refractivity contribution in [2.75, 3.05) is 7.11 Å². The highest BCUT2D eigenvalue weighted by Crippen LogP contribution is 2.38. The average molecular weight is 460 g/mol. The highest BCUT2D eigenvalue weighted by Gasteiger charge is 2.51. The molecule has 0 aliphatic carbocycles. The van der Waals surface area contributed by atoms with E-state index < -0.39 is 31.0 Å². The third-order valence-corrected chi connectivity index (χ3v) is 6.64. The molecular weight excluding hydrogens is 432 g/mol. The third-order valence-electron chi connectivity index (χ3n) is 6.64. The molecule has 1 atom stereocenters. The summed E-state index contributed by atoms with van der Waals surface area (Å²) in [7, 11) is 0.946. The first kappa shape index (κ1) is 23.8. The summed E-state index contributed by atoms with van der Waals surface area (Å²) in [5.41, 5.74) is 1.82. The van der Waals surface area contributed by atoms with Gasteiger partial charge in [-0.3, -0.25) is 4.98 Å². The number of alkyl halides is 3. The molecule has 33 heavy (non-hydrogen) atoms. The quantitative estimate of drug-likeness (QED) is 0.487. The Labute approximate surface area is 192 Å². The van der Waals surface area contributed by atoms with Gasteiger partial charge in [0, 0.05) is 24.4 Å². The van der Waals surface area contributed by atoms with Crippen LogP contribution in [0.2, 0.25) is 0 Å². The van der Waals surface area contributed by atoms with E-state index in [2.05, 4.69) is 4.98 Å². The summed E-state index contributed by atoms with van der Waals surface area (Å²) < 4.78 is 59.6. The fraction of sp³-hybridized carbons (Fsp3) is 0.458. The van der Waals surface area contributed by atoms with Gasteiger partial charge in [0.2, 0.25) is 0 Å². The maximum atomic E-state index is 13.6. The first-order valence-electron chi connectivity index (χ1n) is 10.9. The number of fused-ring (bicyclic) bond motifs is 1. The zero-order chi connectivity index (χ0) is 24.2. The van der Waals surface area contributed by atoms with Crippen molar-refractivity contribution in [3.63, 3.8) is 0 Å². The van der Waals surface area contributed by atoms with Gasteiger partial charge in [-0.25, -0.2) is 0 Å². The van der Waals surface area contributed by atoms with E-state index in [0.717, 1.165) is 5.46 Å². The molecule has 1 aliphatic heterocycles. The van der Waals surface area contributed by atoms with Crippen LogP contribution in [-0.4, -0.2) is 41.2 Å². The second-order valence-corrected chi connectivity index (χ2v) is 9.45. The van der Waals surface area contributed by atoms with Gasteiger partial charge >= 0.3 is 13.3 Å². The van der Waals surface area contributed by atoms with E-state index >= 15 is 0 Å². The van der Waals surface area contributed by atoms with Crippen LogP contribution in [-0.2, 0) is 20.6 Å². The van der Waals surface area contributed by atoms with Crippen LogP contribution in [0.15, 0.2) is 42.6 Å². The summed E-state index contributed by atoms with van der Waals surface area (Å²) in [6.45, 7) is 8.56. The maximum Gasteiger partial charge on any atom is 0.494 e. The fourth-order valence-corrected chi connectivity index (χ4v) is 4.06. The Morgan fingerprint density at radius 1 is 1.09 bits per heavy atom. The second kappa shape index (κ2) is 8.15. The van der Waals surface area contributed by atoms with Gasteiger partial charge in [-0.2, -0.15) is 13.2 Å². The Kier molecular flexibility index (Phi) is 5.87. The zero-order valence-electron chi connectivity index (χ0n) is 19.7. The van der Waals surface area contributed by atoms with Crippen LogP contribution in [0, 0.1) is 0 Å². The topological polar surface area (TPSA) is 45.5 Å². The molecule has 3 heterocycles. The van der Waals surface area contributed by atoms with Crippen molar-refractivity contribution in [2.24, 2.45) is 0 Å². The highest BCUT2D eigenvalue weighted by atomic mass is 19.4. The smallest absolute Gasteiger partial charge is 0.399 e. The maximum absolute atomic E-state index is 13.6. The molecule has 0 N–H and O–H groups in total. The van der Waals surface area contributed by atoms with Crippen molar-refractivity contribution in [1.82, 2.24) is 9.55 Å². The van der Waals surface area contributed by atoms with E-state index in [-0.39, 0.29) is 6.10 Å². The molecule has 5 nitrogen and oxygen atoms in total. The van der Waals surface area contributed by atoms with Crippen LogP contribution in [0.1, 0.15) is 46.4 Å². The number of aromatic nitrogens is 2. The summed E-state index contributed by atoms with van der Waals surface area (Å²) in [4.78, 5) is 4.39. The SMILES string of the molecule is COC(C)c1ncccc1-c1cc2cc(B3OC(C)(C)C(C)(C)O3)ccc2n1CC(F)(F)F. The molecule has 0 radical (unpaired) electrons. The number of hydrogen-bond donors (Lipinski definition) is 0. The molecule has 0 saturated carbocycles. The van der Waals surface area contributed by atoms with Crippen molar-refractivity contribution in [3.05, 3.63) is 48.3 Å². The van der Waals surface area contributed by atoms with E-state index in [1.54, 1.807) is 43.6 Å². The first-order chi connectivity index (χ1) is 15.3. The first-order valence-corrected chi connectivity index (χ1v) is 10.9. The largest absolute Gasteiger partial charge is 0.494 e. The van der Waals surface area contributed by atoms with Crippen LogP contribution in [0.4, 0.5) is 13.2 Å². The Bertz CT molecular complexity index is 1160. The number of methoxy groups -OCH3 is 1. The van der Waals surface area contributed by atoms with E-state index in [1.165, 1.54) is 4.57 Å². The lowest BCUT2D eigenvalue weighted by Gasteiger charge is -2.32.